The van der Waals surface area contributed by atoms with E-state index in [4.69, 9.17) is 0 Å². The number of ketones is 1. The van der Waals surface area contributed by atoms with E-state index in [1.165, 1.54) is 69.9 Å². The zero-order chi connectivity index (χ0) is 28.1. The van der Waals surface area contributed by atoms with Crippen molar-refractivity contribution < 1.29 is 19.8 Å². The van der Waals surface area contributed by atoms with Gasteiger partial charge in [-0.3, -0.25) is 9.59 Å². The zero-order valence-corrected chi connectivity index (χ0v) is 23.9. The monoisotopic (exact) mass is 535 g/mol. The van der Waals surface area contributed by atoms with Crippen molar-refractivity contribution in [2.45, 2.75) is 109 Å². The highest BCUT2D eigenvalue weighted by molar-refractivity contribution is 6.09. The number of benzene rings is 2. The molecule has 0 aliphatic rings. The van der Waals surface area contributed by atoms with Crippen molar-refractivity contribution in [3.8, 4) is 5.75 Å². The van der Waals surface area contributed by atoms with Gasteiger partial charge in [0.2, 0.25) is 5.91 Å². The quantitative estimate of drug-likeness (QED) is 0.0869. The summed E-state index contributed by atoms with van der Waals surface area (Å²) >= 11 is 0. The fourth-order valence-electron chi connectivity index (χ4n) is 4.67. The standard InChI is InChI=1S/C34H49NO4/c1-2-3-4-5-6-7-8-9-10-11-12-13-14-15-16-17-33(38)35-31(27-36)26-28-18-20-29(21-19-28)34(39)30-22-24-32(37)25-23-30/h9-10,18-25,31,36-37H,2-8,11-17,26-27H2,1H3,(H,35,38)/b10-9-/t31-/m0/s1. The maximum absolute atomic E-state index is 12.6. The predicted octanol–water partition coefficient (Wildman–Crippen LogP) is 7.68. The molecule has 1 amide bonds. The number of hydrogen-bond acceptors (Lipinski definition) is 4. The van der Waals surface area contributed by atoms with Gasteiger partial charge in [-0.05, 0) is 68.4 Å². The Hall–Kier alpha value is -2.92. The zero-order valence-electron chi connectivity index (χ0n) is 23.9. The number of unbranched alkanes of at least 4 members (excludes halogenated alkanes) is 11. The van der Waals surface area contributed by atoms with Crippen LogP contribution in [0.15, 0.2) is 60.7 Å². The van der Waals surface area contributed by atoms with Crippen LogP contribution in [0.4, 0.5) is 0 Å². The lowest BCUT2D eigenvalue weighted by Crippen LogP contribution is -2.39. The van der Waals surface area contributed by atoms with Gasteiger partial charge in [-0.2, -0.15) is 0 Å². The third kappa shape index (κ3) is 14.2. The minimum absolute atomic E-state index is 0.0224. The molecule has 0 aliphatic heterocycles. The highest BCUT2D eigenvalue weighted by Gasteiger charge is 2.13. The number of aliphatic hydroxyl groups is 1. The minimum Gasteiger partial charge on any atom is -0.508 e. The van der Waals surface area contributed by atoms with Crippen molar-refractivity contribution in [2.75, 3.05) is 6.61 Å². The third-order valence-corrected chi connectivity index (χ3v) is 7.08. The van der Waals surface area contributed by atoms with E-state index in [1.807, 2.05) is 12.1 Å². The van der Waals surface area contributed by atoms with Gasteiger partial charge in [0, 0.05) is 17.5 Å². The van der Waals surface area contributed by atoms with Gasteiger partial charge in [0.25, 0.3) is 0 Å². The maximum atomic E-state index is 12.6. The fourth-order valence-corrected chi connectivity index (χ4v) is 4.67. The van der Waals surface area contributed by atoms with Gasteiger partial charge in [-0.1, -0.05) is 94.7 Å². The molecule has 39 heavy (non-hydrogen) atoms. The number of aromatic hydroxyl groups is 1. The van der Waals surface area contributed by atoms with E-state index >= 15 is 0 Å². The Balaban J connectivity index is 1.55. The largest absolute Gasteiger partial charge is 0.508 e. The second-order valence-corrected chi connectivity index (χ2v) is 10.6. The highest BCUT2D eigenvalue weighted by Crippen LogP contribution is 2.16. The van der Waals surface area contributed by atoms with Crippen LogP contribution in [0.3, 0.4) is 0 Å². The Morgan fingerprint density at radius 1 is 0.744 bits per heavy atom. The molecule has 0 fully saturated rings. The number of aliphatic hydroxyl groups excluding tert-OH is 1. The van der Waals surface area contributed by atoms with Gasteiger partial charge in [-0.25, -0.2) is 0 Å². The molecule has 0 radical (unpaired) electrons. The summed E-state index contributed by atoms with van der Waals surface area (Å²) in [6.45, 7) is 2.12. The van der Waals surface area contributed by atoms with E-state index in [0.29, 0.717) is 24.0 Å². The molecule has 0 saturated carbocycles. The van der Waals surface area contributed by atoms with Crippen molar-refractivity contribution in [3.05, 3.63) is 77.4 Å². The van der Waals surface area contributed by atoms with Crippen LogP contribution in [0.5, 0.6) is 5.75 Å². The Morgan fingerprint density at radius 2 is 1.26 bits per heavy atom. The topological polar surface area (TPSA) is 86.6 Å². The number of rotatable bonds is 21. The predicted molar refractivity (Wildman–Crippen MR) is 160 cm³/mol. The number of phenols is 1. The molecule has 5 heteroatoms. The average Bonchev–Trinajstić information content (AvgIpc) is 2.95. The number of carbonyl (C=O) groups is 2. The molecule has 2 aromatic rings. The summed E-state index contributed by atoms with van der Waals surface area (Å²) in [5, 5.41) is 22.1. The number of nitrogens with one attached hydrogen (secondary N) is 1. The smallest absolute Gasteiger partial charge is 0.220 e. The molecule has 3 N–H and O–H groups in total. The van der Waals surface area contributed by atoms with Crippen LogP contribution in [0.1, 0.15) is 118 Å². The van der Waals surface area contributed by atoms with Gasteiger partial charge in [0.15, 0.2) is 5.78 Å². The van der Waals surface area contributed by atoms with Crippen LogP contribution in [0.2, 0.25) is 0 Å². The summed E-state index contributed by atoms with van der Waals surface area (Å²) in [4.78, 5) is 25.0. The van der Waals surface area contributed by atoms with Crippen molar-refractivity contribution in [1.82, 2.24) is 5.32 Å². The molecule has 0 spiro atoms. The lowest BCUT2D eigenvalue weighted by Gasteiger charge is -2.16. The molecule has 214 valence electrons. The van der Waals surface area contributed by atoms with Crippen LogP contribution in [0, 0.1) is 0 Å². The summed E-state index contributed by atoms with van der Waals surface area (Å²) in [5.74, 6) is -0.0180. The van der Waals surface area contributed by atoms with Crippen LogP contribution >= 0.6 is 0 Å². The maximum Gasteiger partial charge on any atom is 0.220 e. The van der Waals surface area contributed by atoms with Crippen LogP contribution in [-0.2, 0) is 11.2 Å². The normalized spacial score (nSPS) is 12.1. The Labute approximate surface area is 235 Å². The van der Waals surface area contributed by atoms with Crippen molar-refractivity contribution in [3.63, 3.8) is 0 Å². The molecule has 5 nitrogen and oxygen atoms in total. The lowest BCUT2D eigenvalue weighted by molar-refractivity contribution is -0.122. The third-order valence-electron chi connectivity index (χ3n) is 7.08. The van der Waals surface area contributed by atoms with Crippen LogP contribution < -0.4 is 5.32 Å². The SMILES string of the molecule is CCCCCCCC/C=C\CCCCCCCC(=O)N[C@H](CO)Cc1ccc(C(=O)c2ccc(O)cc2)cc1. The van der Waals surface area contributed by atoms with Crippen molar-refractivity contribution >= 4 is 11.7 Å². The number of carbonyl (C=O) groups excluding carboxylic acids is 2. The first kappa shape index (κ1) is 32.3. The van der Waals surface area contributed by atoms with Gasteiger partial charge < -0.3 is 15.5 Å². The Morgan fingerprint density at radius 3 is 1.82 bits per heavy atom. The first-order chi connectivity index (χ1) is 19.0. The summed E-state index contributed by atoms with van der Waals surface area (Å²) in [6, 6.07) is 13.0. The van der Waals surface area contributed by atoms with E-state index in [1.54, 1.807) is 24.3 Å². The van der Waals surface area contributed by atoms with Crippen molar-refractivity contribution in [2.24, 2.45) is 0 Å². The van der Waals surface area contributed by atoms with Crippen molar-refractivity contribution in [1.29, 1.82) is 0 Å². The van der Waals surface area contributed by atoms with E-state index < -0.39 is 0 Å². The molecule has 0 heterocycles. The summed E-state index contributed by atoms with van der Waals surface area (Å²) in [6.07, 6.45) is 21.6. The molecule has 0 aromatic heterocycles. The minimum atomic E-state index is -0.348. The Kier molecular flexibility index (Phi) is 16.6. The second kappa shape index (κ2) is 20.0. The summed E-state index contributed by atoms with van der Waals surface area (Å²) in [7, 11) is 0. The highest BCUT2D eigenvalue weighted by atomic mass is 16.3. The molecule has 1 atom stereocenters. The van der Waals surface area contributed by atoms with E-state index in [9.17, 15) is 19.8 Å². The summed E-state index contributed by atoms with van der Waals surface area (Å²) in [5.41, 5.74) is 2.01. The fraction of sp³-hybridized carbons (Fsp3) is 0.529. The Bertz CT molecular complexity index is 966. The molecule has 0 unspecified atom stereocenters. The van der Waals surface area contributed by atoms with E-state index in [2.05, 4.69) is 24.4 Å². The van der Waals surface area contributed by atoms with Gasteiger partial charge in [0.1, 0.15) is 5.75 Å². The van der Waals surface area contributed by atoms with Gasteiger partial charge in [0.05, 0.1) is 12.6 Å². The summed E-state index contributed by atoms with van der Waals surface area (Å²) < 4.78 is 0. The molecule has 2 rings (SSSR count). The van der Waals surface area contributed by atoms with Crippen LogP contribution in [-0.4, -0.2) is 34.6 Å². The number of amides is 1. The van der Waals surface area contributed by atoms with Crippen LogP contribution in [0.25, 0.3) is 0 Å². The second-order valence-electron chi connectivity index (χ2n) is 10.6. The molecule has 0 saturated heterocycles. The van der Waals surface area contributed by atoms with E-state index in [0.717, 1.165) is 31.2 Å². The van der Waals surface area contributed by atoms with Gasteiger partial charge in [-0.15, -0.1) is 0 Å². The number of phenolic OH excluding ortho intramolecular Hbond substituents is 1. The lowest BCUT2D eigenvalue weighted by atomic mass is 9.99. The molecule has 0 bridgehead atoms. The molecular weight excluding hydrogens is 486 g/mol. The first-order valence-corrected chi connectivity index (χ1v) is 15.0. The average molecular weight is 536 g/mol. The molecular formula is C34H49NO4. The molecule has 0 aliphatic carbocycles. The molecule has 2 aromatic carbocycles. The number of hydrogen-bond donors (Lipinski definition) is 3. The van der Waals surface area contributed by atoms with Gasteiger partial charge >= 0.3 is 0 Å². The number of allylic oxidation sites excluding steroid dienone is 2. The van der Waals surface area contributed by atoms with E-state index in [-0.39, 0.29) is 30.1 Å². The first-order valence-electron chi connectivity index (χ1n) is 15.0.